The fourth-order valence-electron chi connectivity index (χ4n) is 1.94. The Balaban J connectivity index is 2.16. The third-order valence-corrected chi connectivity index (χ3v) is 3.16. The molecule has 0 spiro atoms. The van der Waals surface area contributed by atoms with Gasteiger partial charge in [-0.1, -0.05) is 36.8 Å². The van der Waals surface area contributed by atoms with E-state index in [0.29, 0.717) is 23.3 Å². The van der Waals surface area contributed by atoms with Crippen LogP contribution in [0.5, 0.6) is 5.75 Å². The largest absolute Gasteiger partial charge is 0.507 e. The first-order valence-corrected chi connectivity index (χ1v) is 6.83. The lowest BCUT2D eigenvalue weighted by atomic mass is 10.1. The maximum atomic E-state index is 12.0. The molecule has 0 atom stereocenters. The van der Waals surface area contributed by atoms with Crippen molar-refractivity contribution < 1.29 is 9.90 Å². The van der Waals surface area contributed by atoms with Crippen molar-refractivity contribution in [3.8, 4) is 5.75 Å². The summed E-state index contributed by atoms with van der Waals surface area (Å²) in [6.07, 6.45) is 0.603. The van der Waals surface area contributed by atoms with Crippen LogP contribution < -0.4 is 5.43 Å². The summed E-state index contributed by atoms with van der Waals surface area (Å²) >= 11 is 0. The number of rotatable bonds is 4. The van der Waals surface area contributed by atoms with Gasteiger partial charge in [-0.25, -0.2) is 5.43 Å². The van der Waals surface area contributed by atoms with Crippen molar-refractivity contribution in [2.24, 2.45) is 5.10 Å². The number of carbonyl (C=O) groups excluding carboxylic acids is 1. The fourth-order valence-corrected chi connectivity index (χ4v) is 1.94. The minimum absolute atomic E-state index is 0.155. The van der Waals surface area contributed by atoms with Crippen LogP contribution in [0, 0.1) is 6.92 Å². The summed E-state index contributed by atoms with van der Waals surface area (Å²) in [5, 5.41) is 14.0. The maximum Gasteiger partial charge on any atom is 0.271 e. The van der Waals surface area contributed by atoms with Crippen molar-refractivity contribution >= 4 is 11.6 Å². The Hall–Kier alpha value is -2.62. The normalized spacial score (nSPS) is 11.2. The predicted molar refractivity (Wildman–Crippen MR) is 83.6 cm³/mol. The first-order valence-electron chi connectivity index (χ1n) is 6.83. The number of amides is 1. The lowest BCUT2D eigenvalue weighted by Crippen LogP contribution is -2.20. The first kappa shape index (κ1) is 14.8. The summed E-state index contributed by atoms with van der Waals surface area (Å²) in [5.74, 6) is -0.112. The molecule has 108 valence electrons. The molecule has 0 aliphatic carbocycles. The van der Waals surface area contributed by atoms with Gasteiger partial charge in [0.2, 0.25) is 0 Å². The van der Waals surface area contributed by atoms with Gasteiger partial charge < -0.3 is 5.11 Å². The van der Waals surface area contributed by atoms with Gasteiger partial charge in [-0.05, 0) is 37.6 Å². The van der Waals surface area contributed by atoms with E-state index >= 15 is 0 Å². The molecule has 0 saturated heterocycles. The van der Waals surface area contributed by atoms with Crippen LogP contribution in [0.1, 0.15) is 34.8 Å². The third kappa shape index (κ3) is 3.69. The molecule has 2 N–H and O–H groups in total. The van der Waals surface area contributed by atoms with Gasteiger partial charge in [-0.2, -0.15) is 5.10 Å². The number of carbonyl (C=O) groups is 1. The van der Waals surface area contributed by atoms with Gasteiger partial charge in [-0.15, -0.1) is 0 Å². The van der Waals surface area contributed by atoms with Crippen molar-refractivity contribution in [2.75, 3.05) is 0 Å². The van der Waals surface area contributed by atoms with E-state index in [1.807, 2.05) is 32.0 Å². The number of aryl methyl sites for hydroxylation is 1. The second-order valence-electron chi connectivity index (χ2n) is 4.74. The van der Waals surface area contributed by atoms with E-state index in [0.717, 1.165) is 5.56 Å². The molecule has 0 bridgehead atoms. The standard InChI is InChI=1S/C17H18N2O2/c1-3-15(14-6-4-5-7-16(14)20)18-19-17(21)13-10-8-12(2)9-11-13/h4-11,20H,3H2,1-2H3,(H,19,21)/b18-15+. The molecule has 0 unspecified atom stereocenters. The molecular formula is C17H18N2O2. The topological polar surface area (TPSA) is 61.7 Å². The number of para-hydroxylation sites is 1. The van der Waals surface area contributed by atoms with E-state index in [-0.39, 0.29) is 11.7 Å². The zero-order valence-electron chi connectivity index (χ0n) is 12.1. The molecular weight excluding hydrogens is 264 g/mol. The lowest BCUT2D eigenvalue weighted by Gasteiger charge is -2.07. The maximum absolute atomic E-state index is 12.0. The van der Waals surface area contributed by atoms with Gasteiger partial charge in [0.05, 0.1) is 5.71 Å². The highest BCUT2D eigenvalue weighted by molar-refractivity contribution is 6.03. The summed E-state index contributed by atoms with van der Waals surface area (Å²) in [4.78, 5) is 12.0. The number of phenolic OH excluding ortho intramolecular Hbond substituents is 1. The molecule has 0 saturated carbocycles. The molecule has 4 nitrogen and oxygen atoms in total. The van der Waals surface area contributed by atoms with E-state index in [4.69, 9.17) is 0 Å². The number of benzene rings is 2. The number of nitrogens with zero attached hydrogens (tertiary/aromatic N) is 1. The minimum atomic E-state index is -0.267. The molecule has 0 heterocycles. The van der Waals surface area contributed by atoms with E-state index in [9.17, 15) is 9.90 Å². The Morgan fingerprint density at radius 1 is 1.14 bits per heavy atom. The Morgan fingerprint density at radius 2 is 1.81 bits per heavy atom. The number of hydrogen-bond acceptors (Lipinski definition) is 3. The molecule has 2 aromatic rings. The highest BCUT2D eigenvalue weighted by atomic mass is 16.3. The Kier molecular flexibility index (Phi) is 4.72. The first-order chi connectivity index (χ1) is 10.1. The highest BCUT2D eigenvalue weighted by Gasteiger charge is 2.08. The van der Waals surface area contributed by atoms with Crippen molar-refractivity contribution in [1.82, 2.24) is 5.43 Å². The van der Waals surface area contributed by atoms with Crippen molar-refractivity contribution in [3.63, 3.8) is 0 Å². The van der Waals surface area contributed by atoms with E-state index in [2.05, 4.69) is 10.5 Å². The van der Waals surface area contributed by atoms with Gasteiger partial charge in [0.15, 0.2) is 0 Å². The predicted octanol–water partition coefficient (Wildman–Crippen LogP) is 3.24. The molecule has 0 fully saturated rings. The molecule has 2 aromatic carbocycles. The number of hydrazone groups is 1. The zero-order chi connectivity index (χ0) is 15.2. The number of aromatic hydroxyl groups is 1. The molecule has 0 aliphatic heterocycles. The summed E-state index contributed by atoms with van der Waals surface area (Å²) in [7, 11) is 0. The van der Waals surface area contributed by atoms with Gasteiger partial charge in [0, 0.05) is 11.1 Å². The van der Waals surface area contributed by atoms with Crippen LogP contribution in [-0.2, 0) is 0 Å². The van der Waals surface area contributed by atoms with Gasteiger partial charge in [0.25, 0.3) is 5.91 Å². The van der Waals surface area contributed by atoms with Gasteiger partial charge in [-0.3, -0.25) is 4.79 Å². The fraction of sp³-hybridized carbons (Fsp3) is 0.176. The summed E-state index contributed by atoms with van der Waals surface area (Å²) in [5.41, 5.74) is 5.44. The summed E-state index contributed by atoms with van der Waals surface area (Å²) in [6.45, 7) is 3.89. The summed E-state index contributed by atoms with van der Waals surface area (Å²) in [6, 6.07) is 14.2. The van der Waals surface area contributed by atoms with Gasteiger partial charge in [0.1, 0.15) is 5.75 Å². The van der Waals surface area contributed by atoms with Crippen LogP contribution in [0.3, 0.4) is 0 Å². The van der Waals surface area contributed by atoms with Crippen molar-refractivity contribution in [2.45, 2.75) is 20.3 Å². The molecule has 1 amide bonds. The molecule has 0 aliphatic rings. The smallest absolute Gasteiger partial charge is 0.271 e. The van der Waals surface area contributed by atoms with Crippen LogP contribution in [-0.4, -0.2) is 16.7 Å². The minimum Gasteiger partial charge on any atom is -0.507 e. The zero-order valence-corrected chi connectivity index (χ0v) is 12.1. The Bertz CT molecular complexity index is 661. The third-order valence-electron chi connectivity index (χ3n) is 3.16. The molecule has 0 aromatic heterocycles. The lowest BCUT2D eigenvalue weighted by molar-refractivity contribution is 0.0955. The Labute approximate surface area is 124 Å². The molecule has 2 rings (SSSR count). The van der Waals surface area contributed by atoms with Crippen LogP contribution in [0.25, 0.3) is 0 Å². The summed E-state index contributed by atoms with van der Waals surface area (Å²) < 4.78 is 0. The van der Waals surface area contributed by atoms with Gasteiger partial charge >= 0.3 is 0 Å². The van der Waals surface area contributed by atoms with Crippen LogP contribution in [0.4, 0.5) is 0 Å². The highest BCUT2D eigenvalue weighted by Crippen LogP contribution is 2.17. The van der Waals surface area contributed by atoms with Crippen LogP contribution in [0.2, 0.25) is 0 Å². The number of nitrogens with one attached hydrogen (secondary N) is 1. The SMILES string of the molecule is CC/C(=N\NC(=O)c1ccc(C)cc1)c1ccccc1O. The average molecular weight is 282 g/mol. The Morgan fingerprint density at radius 3 is 2.43 bits per heavy atom. The van der Waals surface area contributed by atoms with E-state index < -0.39 is 0 Å². The number of phenols is 1. The van der Waals surface area contributed by atoms with Crippen molar-refractivity contribution in [1.29, 1.82) is 0 Å². The molecule has 4 heteroatoms. The second-order valence-corrected chi connectivity index (χ2v) is 4.74. The quantitative estimate of drug-likeness (QED) is 0.668. The van der Waals surface area contributed by atoms with Crippen molar-refractivity contribution in [3.05, 3.63) is 65.2 Å². The molecule has 0 radical (unpaired) electrons. The van der Waals surface area contributed by atoms with Crippen LogP contribution in [0.15, 0.2) is 53.6 Å². The second kappa shape index (κ2) is 6.70. The number of hydrogen-bond donors (Lipinski definition) is 2. The average Bonchev–Trinajstić information content (AvgIpc) is 2.50. The van der Waals surface area contributed by atoms with E-state index in [1.54, 1.807) is 30.3 Å². The van der Waals surface area contributed by atoms with Crippen LogP contribution >= 0.6 is 0 Å². The molecule has 21 heavy (non-hydrogen) atoms. The van der Waals surface area contributed by atoms with E-state index in [1.165, 1.54) is 0 Å². The monoisotopic (exact) mass is 282 g/mol.